The number of nitrogens with zero attached hydrogens (tertiary/aromatic N) is 3. The van der Waals surface area contributed by atoms with E-state index in [-0.39, 0.29) is 40.9 Å². The lowest BCUT2D eigenvalue weighted by atomic mass is 10.0. The number of nitrogens with one attached hydrogen (secondary N) is 2. The highest BCUT2D eigenvalue weighted by molar-refractivity contribution is 6.13. The summed E-state index contributed by atoms with van der Waals surface area (Å²) in [6.07, 6.45) is 4.53. The molecular formula is C26H26FN5O5. The topological polar surface area (TPSA) is 127 Å². The fourth-order valence-electron chi connectivity index (χ4n) is 3.95. The monoisotopic (exact) mass is 507 g/mol. The molecule has 0 unspecified atom stereocenters. The lowest BCUT2D eigenvalue weighted by Gasteiger charge is -2.11. The third-order valence-corrected chi connectivity index (χ3v) is 5.61. The Morgan fingerprint density at radius 2 is 1.89 bits per heavy atom. The average molecular weight is 508 g/mol. The summed E-state index contributed by atoms with van der Waals surface area (Å²) in [6.45, 7) is 3.49. The molecule has 0 saturated heterocycles. The lowest BCUT2D eigenvalue weighted by molar-refractivity contribution is -0.123. The molecule has 0 fully saturated rings. The van der Waals surface area contributed by atoms with E-state index < -0.39 is 17.7 Å². The van der Waals surface area contributed by atoms with E-state index in [1.807, 2.05) is 13.8 Å². The second-order valence-electron chi connectivity index (χ2n) is 8.89. The van der Waals surface area contributed by atoms with Gasteiger partial charge in [-0.2, -0.15) is 5.10 Å². The van der Waals surface area contributed by atoms with Crippen LogP contribution in [0.3, 0.4) is 0 Å². The van der Waals surface area contributed by atoms with Crippen LogP contribution in [0.1, 0.15) is 34.6 Å². The Kier molecular flexibility index (Phi) is 6.96. The highest BCUT2D eigenvalue weighted by Crippen LogP contribution is 2.31. The summed E-state index contributed by atoms with van der Waals surface area (Å²) in [6, 6.07) is 7.29. The van der Waals surface area contributed by atoms with Crippen molar-refractivity contribution >= 4 is 34.4 Å². The highest BCUT2D eigenvalue weighted by Gasteiger charge is 2.21. The van der Waals surface area contributed by atoms with Gasteiger partial charge in [-0.1, -0.05) is 0 Å². The minimum absolute atomic E-state index is 0.00317. The molecule has 0 aliphatic heterocycles. The van der Waals surface area contributed by atoms with Crippen LogP contribution in [0.2, 0.25) is 0 Å². The van der Waals surface area contributed by atoms with Gasteiger partial charge in [0.15, 0.2) is 12.4 Å². The predicted molar refractivity (Wildman–Crippen MR) is 135 cm³/mol. The average Bonchev–Trinajstić information content (AvgIpc) is 3.41. The van der Waals surface area contributed by atoms with Crippen LogP contribution < -0.4 is 15.4 Å². The van der Waals surface area contributed by atoms with E-state index in [1.165, 1.54) is 16.9 Å². The van der Waals surface area contributed by atoms with Crippen LogP contribution in [0.15, 0.2) is 48.9 Å². The Bertz CT molecular complexity index is 1520. The molecule has 0 atom stereocenters. The Balaban J connectivity index is 1.66. The fourth-order valence-corrected chi connectivity index (χ4v) is 3.95. The molecule has 2 aromatic heterocycles. The standard InChI is InChI=1S/C26H26FN5O5/c1-14(2)29-23(33)13-37-17-5-6-22-19(9-17)20(12-31(22)3)25(34)30-21-8-15(26(35)36)7-18(24(21)27)16-10-28-32(4)11-16/h5-12,14H,13H2,1-4H3,(H,29,33)(H,30,34)(H,35,36). The van der Waals surface area contributed by atoms with Crippen molar-refractivity contribution in [3.8, 4) is 16.9 Å². The molecule has 0 aliphatic carbocycles. The molecule has 0 saturated carbocycles. The maximum absolute atomic E-state index is 15.4. The van der Waals surface area contributed by atoms with Crippen molar-refractivity contribution < 1.29 is 28.6 Å². The molecular weight excluding hydrogens is 481 g/mol. The molecule has 0 spiro atoms. The van der Waals surface area contributed by atoms with Gasteiger partial charge in [-0.15, -0.1) is 0 Å². The van der Waals surface area contributed by atoms with Crippen LogP contribution in [-0.2, 0) is 18.9 Å². The molecule has 37 heavy (non-hydrogen) atoms. The smallest absolute Gasteiger partial charge is 0.335 e. The first-order valence-corrected chi connectivity index (χ1v) is 11.4. The van der Waals surface area contributed by atoms with Gasteiger partial charge in [0.05, 0.1) is 23.0 Å². The predicted octanol–water partition coefficient (Wildman–Crippen LogP) is 3.57. The minimum Gasteiger partial charge on any atom is -0.484 e. The van der Waals surface area contributed by atoms with Crippen molar-refractivity contribution in [3.63, 3.8) is 0 Å². The Morgan fingerprint density at radius 3 is 2.54 bits per heavy atom. The molecule has 0 bridgehead atoms. The van der Waals surface area contributed by atoms with Crippen LogP contribution >= 0.6 is 0 Å². The van der Waals surface area contributed by atoms with Gasteiger partial charge in [0.1, 0.15) is 5.75 Å². The van der Waals surface area contributed by atoms with Crippen LogP contribution in [0.25, 0.3) is 22.0 Å². The number of hydrogen-bond donors (Lipinski definition) is 3. The molecule has 10 nitrogen and oxygen atoms in total. The first-order valence-electron chi connectivity index (χ1n) is 11.4. The molecule has 2 heterocycles. The van der Waals surface area contributed by atoms with Gasteiger partial charge in [-0.05, 0) is 44.2 Å². The van der Waals surface area contributed by atoms with Gasteiger partial charge in [0, 0.05) is 54.6 Å². The number of aromatic carboxylic acids is 1. The van der Waals surface area contributed by atoms with E-state index in [4.69, 9.17) is 4.74 Å². The summed E-state index contributed by atoms with van der Waals surface area (Å²) in [5.41, 5.74) is 0.823. The van der Waals surface area contributed by atoms with E-state index in [9.17, 15) is 19.5 Å². The zero-order chi connectivity index (χ0) is 26.9. The van der Waals surface area contributed by atoms with E-state index in [0.717, 1.165) is 6.07 Å². The van der Waals surface area contributed by atoms with Gasteiger partial charge < -0.3 is 25.0 Å². The van der Waals surface area contributed by atoms with E-state index in [1.54, 1.807) is 49.3 Å². The summed E-state index contributed by atoms with van der Waals surface area (Å²) in [7, 11) is 3.40. The Morgan fingerprint density at radius 1 is 1.14 bits per heavy atom. The molecule has 0 aliphatic rings. The van der Waals surface area contributed by atoms with Crippen molar-refractivity contribution in [2.75, 3.05) is 11.9 Å². The number of halogens is 1. The number of anilines is 1. The number of benzene rings is 2. The van der Waals surface area contributed by atoms with Crippen molar-refractivity contribution in [2.24, 2.45) is 14.1 Å². The van der Waals surface area contributed by atoms with Crippen molar-refractivity contribution in [3.05, 3.63) is 65.9 Å². The first kappa shape index (κ1) is 25.4. The molecule has 2 aromatic carbocycles. The number of aryl methyl sites for hydroxylation is 2. The maximum Gasteiger partial charge on any atom is 0.335 e. The zero-order valence-corrected chi connectivity index (χ0v) is 20.7. The molecule has 2 amide bonds. The van der Waals surface area contributed by atoms with Crippen LogP contribution in [0, 0.1) is 5.82 Å². The third kappa shape index (κ3) is 5.45. The van der Waals surface area contributed by atoms with Gasteiger partial charge in [0.25, 0.3) is 11.8 Å². The normalized spacial score (nSPS) is 11.1. The van der Waals surface area contributed by atoms with Gasteiger partial charge in [-0.3, -0.25) is 14.3 Å². The summed E-state index contributed by atoms with van der Waals surface area (Å²) < 4.78 is 24.2. The Hall–Kier alpha value is -4.67. The number of carboxylic acids is 1. The van der Waals surface area contributed by atoms with Crippen molar-refractivity contribution in [1.29, 1.82) is 0 Å². The van der Waals surface area contributed by atoms with Gasteiger partial charge in [-0.25, -0.2) is 9.18 Å². The van der Waals surface area contributed by atoms with Crippen molar-refractivity contribution in [1.82, 2.24) is 19.7 Å². The van der Waals surface area contributed by atoms with Gasteiger partial charge in [0.2, 0.25) is 0 Å². The minimum atomic E-state index is -1.27. The number of hydrogen-bond acceptors (Lipinski definition) is 5. The largest absolute Gasteiger partial charge is 0.484 e. The molecule has 4 aromatic rings. The first-order chi connectivity index (χ1) is 17.5. The number of rotatable bonds is 8. The molecule has 3 N–H and O–H groups in total. The molecule has 11 heteroatoms. The number of carboxylic acid groups (broad SMARTS) is 1. The van der Waals surface area contributed by atoms with Gasteiger partial charge >= 0.3 is 5.97 Å². The number of amides is 2. The van der Waals surface area contributed by atoms with Crippen molar-refractivity contribution in [2.45, 2.75) is 19.9 Å². The number of carbonyl (C=O) groups excluding carboxylic acids is 2. The molecule has 192 valence electrons. The highest BCUT2D eigenvalue weighted by atomic mass is 19.1. The SMILES string of the molecule is CC(C)NC(=O)COc1ccc2c(c1)c(C(=O)Nc1cc(C(=O)O)cc(-c3cnn(C)c3)c1F)cn2C. The number of fused-ring (bicyclic) bond motifs is 1. The lowest BCUT2D eigenvalue weighted by Crippen LogP contribution is -2.34. The Labute approximate surface area is 211 Å². The summed E-state index contributed by atoms with van der Waals surface area (Å²) in [5, 5.41) is 19.3. The van der Waals surface area contributed by atoms with Crippen LogP contribution in [0.4, 0.5) is 10.1 Å². The van der Waals surface area contributed by atoms with Crippen LogP contribution in [0.5, 0.6) is 5.75 Å². The number of aromatic nitrogens is 3. The maximum atomic E-state index is 15.4. The number of carbonyl (C=O) groups is 3. The second kappa shape index (κ2) is 10.1. The van der Waals surface area contributed by atoms with Crippen LogP contribution in [-0.4, -0.2) is 49.9 Å². The fraction of sp³-hybridized carbons (Fsp3) is 0.231. The quantitative estimate of drug-likeness (QED) is 0.335. The van der Waals surface area contributed by atoms with E-state index in [0.29, 0.717) is 22.2 Å². The number of ether oxygens (including phenoxy) is 1. The summed E-state index contributed by atoms with van der Waals surface area (Å²) in [5.74, 6) is -2.59. The third-order valence-electron chi connectivity index (χ3n) is 5.61. The molecule has 0 radical (unpaired) electrons. The zero-order valence-electron chi connectivity index (χ0n) is 20.7. The summed E-state index contributed by atoms with van der Waals surface area (Å²) in [4.78, 5) is 36.9. The second-order valence-corrected chi connectivity index (χ2v) is 8.89. The van der Waals surface area contributed by atoms with E-state index in [2.05, 4.69) is 15.7 Å². The summed E-state index contributed by atoms with van der Waals surface area (Å²) >= 11 is 0. The molecule has 4 rings (SSSR count). The van der Waals surface area contributed by atoms with E-state index >= 15 is 4.39 Å².